The monoisotopic (exact) mass is 389 g/mol. The van der Waals surface area contributed by atoms with Crippen molar-refractivity contribution in [3.63, 3.8) is 0 Å². The van der Waals surface area contributed by atoms with E-state index in [-0.39, 0.29) is 6.54 Å². The Bertz CT molecular complexity index is 711. The second kappa shape index (κ2) is 10.2. The third-order valence-electron chi connectivity index (χ3n) is 2.80. The molecule has 1 amide bonds. The average Bonchev–Trinajstić information content (AvgIpc) is 2.60. The van der Waals surface area contributed by atoms with Gasteiger partial charge in [0.2, 0.25) is 0 Å². The van der Waals surface area contributed by atoms with Crippen molar-refractivity contribution in [1.29, 1.82) is 5.26 Å². The minimum absolute atomic E-state index is 0.356. The molecule has 0 radical (unpaired) electrons. The van der Waals surface area contributed by atoms with E-state index in [2.05, 4.69) is 10.3 Å². The van der Waals surface area contributed by atoms with E-state index < -0.39 is 28.1 Å². The van der Waals surface area contributed by atoms with Crippen molar-refractivity contribution in [2.75, 3.05) is 18.8 Å². The zero-order chi connectivity index (χ0) is 19.6. The molecule has 1 aliphatic rings. The fourth-order valence-electron chi connectivity index (χ4n) is 1.73. The normalized spacial score (nSPS) is 15.1. The number of aromatic nitrogens is 1. The van der Waals surface area contributed by atoms with Crippen LogP contribution in [0, 0.1) is 21.4 Å². The number of carbonyl (C=O) groups excluding carboxylic acids is 1. The van der Waals surface area contributed by atoms with Crippen molar-refractivity contribution in [3.8, 4) is 6.07 Å². The number of nitrogens with one attached hydrogen (secondary N) is 2. The zero-order valence-electron chi connectivity index (χ0n) is 13.2. The average molecular weight is 389 g/mol. The molecule has 2 heterocycles. The molecule has 0 aromatic carbocycles. The van der Waals surface area contributed by atoms with Gasteiger partial charge in [-0.15, -0.1) is 11.8 Å². The minimum atomic E-state index is -4.62. The number of hydrogen-bond donors (Lipinski definition) is 2. The zero-order valence-corrected chi connectivity index (χ0v) is 14.1. The Morgan fingerprint density at radius 3 is 2.85 bits per heavy atom. The van der Waals surface area contributed by atoms with Gasteiger partial charge in [0, 0.05) is 24.7 Å². The van der Waals surface area contributed by atoms with Crippen molar-refractivity contribution >= 4 is 17.7 Å². The molecule has 8 nitrogen and oxygen atoms in total. The number of nitro groups is 1. The van der Waals surface area contributed by atoms with Crippen LogP contribution in [0.1, 0.15) is 22.3 Å². The van der Waals surface area contributed by atoms with Crippen LogP contribution in [-0.4, -0.2) is 34.7 Å². The molecular weight excluding hydrogens is 375 g/mol. The standard InChI is InChI=1S/C9H6F3N3O.C5H8N2O2S/c10-9(11,12)7-1-3-14-5-6(7)8(16)15-4-2-13;8-7(9)4-5-6-2-1-3-10-5/h1,3,5H,4H2,(H,15,16);4,6H,1-3H2/b;5-4-. The van der Waals surface area contributed by atoms with Gasteiger partial charge in [-0.1, -0.05) is 0 Å². The third kappa shape index (κ3) is 7.39. The van der Waals surface area contributed by atoms with E-state index in [1.807, 2.05) is 5.32 Å². The molecule has 0 spiro atoms. The highest BCUT2D eigenvalue weighted by Crippen LogP contribution is 2.31. The Hall–Kier alpha value is -2.81. The summed E-state index contributed by atoms with van der Waals surface area (Å²) in [6.07, 6.45) is -0.759. The number of carbonyl (C=O) groups is 1. The van der Waals surface area contributed by atoms with E-state index in [1.165, 1.54) is 11.8 Å². The van der Waals surface area contributed by atoms with Crippen LogP contribution in [0.25, 0.3) is 0 Å². The Kier molecular flexibility index (Phi) is 8.36. The molecule has 140 valence electrons. The summed E-state index contributed by atoms with van der Waals surface area (Å²) in [5, 5.41) is 23.8. The summed E-state index contributed by atoms with van der Waals surface area (Å²) in [7, 11) is 0. The first kappa shape index (κ1) is 21.2. The van der Waals surface area contributed by atoms with Gasteiger partial charge in [-0.2, -0.15) is 18.4 Å². The van der Waals surface area contributed by atoms with Crippen LogP contribution in [0.4, 0.5) is 13.2 Å². The summed E-state index contributed by atoms with van der Waals surface area (Å²) in [4.78, 5) is 24.2. The van der Waals surface area contributed by atoms with Gasteiger partial charge < -0.3 is 10.6 Å². The van der Waals surface area contributed by atoms with E-state index in [0.717, 1.165) is 37.3 Å². The second-order valence-electron chi connectivity index (χ2n) is 4.67. The van der Waals surface area contributed by atoms with E-state index >= 15 is 0 Å². The van der Waals surface area contributed by atoms with Gasteiger partial charge in [-0.3, -0.25) is 19.9 Å². The molecule has 26 heavy (non-hydrogen) atoms. The van der Waals surface area contributed by atoms with Crippen molar-refractivity contribution in [2.24, 2.45) is 0 Å². The van der Waals surface area contributed by atoms with Gasteiger partial charge in [0.15, 0.2) is 0 Å². The van der Waals surface area contributed by atoms with E-state index in [9.17, 15) is 28.1 Å². The van der Waals surface area contributed by atoms with Crippen LogP contribution in [0.2, 0.25) is 0 Å². The minimum Gasteiger partial charge on any atom is -0.375 e. The third-order valence-corrected chi connectivity index (χ3v) is 3.85. The van der Waals surface area contributed by atoms with Crippen LogP contribution in [-0.2, 0) is 6.18 Å². The summed E-state index contributed by atoms with van der Waals surface area (Å²) in [6, 6.07) is 2.30. The lowest BCUT2D eigenvalue weighted by Gasteiger charge is -2.12. The molecule has 2 N–H and O–H groups in total. The van der Waals surface area contributed by atoms with Gasteiger partial charge in [0.1, 0.15) is 11.6 Å². The Morgan fingerprint density at radius 1 is 1.58 bits per heavy atom. The molecule has 0 unspecified atom stereocenters. The molecular formula is C14H14F3N5O3S. The lowest BCUT2D eigenvalue weighted by molar-refractivity contribution is -0.403. The van der Waals surface area contributed by atoms with Crippen molar-refractivity contribution < 1.29 is 22.9 Å². The largest absolute Gasteiger partial charge is 0.417 e. The van der Waals surface area contributed by atoms with Gasteiger partial charge in [-0.25, -0.2) is 0 Å². The lowest BCUT2D eigenvalue weighted by atomic mass is 10.1. The molecule has 1 aliphatic heterocycles. The van der Waals surface area contributed by atoms with Gasteiger partial charge in [0.25, 0.3) is 12.1 Å². The van der Waals surface area contributed by atoms with Crippen LogP contribution in [0.15, 0.2) is 29.7 Å². The van der Waals surface area contributed by atoms with Gasteiger partial charge in [0.05, 0.1) is 22.1 Å². The van der Waals surface area contributed by atoms with Crippen molar-refractivity contribution in [3.05, 3.63) is 50.9 Å². The number of pyridine rings is 1. The molecule has 12 heteroatoms. The fourth-order valence-corrected chi connectivity index (χ4v) is 2.61. The SMILES string of the molecule is N#CCNC(=O)c1cnccc1C(F)(F)F.O=[N+]([O-])/C=C1/NCCCS1. The highest BCUT2D eigenvalue weighted by atomic mass is 32.2. The van der Waals surface area contributed by atoms with E-state index in [1.54, 1.807) is 6.07 Å². The van der Waals surface area contributed by atoms with Crippen LogP contribution >= 0.6 is 11.8 Å². The number of nitrogens with zero attached hydrogens (tertiary/aromatic N) is 3. The van der Waals surface area contributed by atoms with Gasteiger partial charge >= 0.3 is 6.18 Å². The summed E-state index contributed by atoms with van der Waals surface area (Å²) in [5.41, 5.74) is -1.66. The number of hydrogen-bond acceptors (Lipinski definition) is 7. The molecule has 1 saturated heterocycles. The second-order valence-corrected chi connectivity index (χ2v) is 5.80. The van der Waals surface area contributed by atoms with E-state index in [4.69, 9.17) is 5.26 Å². The molecule has 0 atom stereocenters. The summed E-state index contributed by atoms with van der Waals surface area (Å²) >= 11 is 1.50. The molecule has 2 rings (SSSR count). The fraction of sp³-hybridized carbons (Fsp3) is 0.357. The number of thioether (sulfide) groups is 1. The molecule has 1 aromatic heterocycles. The quantitative estimate of drug-likeness (QED) is 0.461. The number of amides is 1. The topological polar surface area (TPSA) is 121 Å². The maximum absolute atomic E-state index is 12.5. The number of nitriles is 1. The van der Waals surface area contributed by atoms with Crippen LogP contribution < -0.4 is 10.6 Å². The number of rotatable bonds is 3. The molecule has 1 fully saturated rings. The smallest absolute Gasteiger partial charge is 0.375 e. The van der Waals surface area contributed by atoms with E-state index in [0.29, 0.717) is 11.1 Å². The van der Waals surface area contributed by atoms with Crippen molar-refractivity contribution in [2.45, 2.75) is 12.6 Å². The first-order valence-electron chi connectivity index (χ1n) is 7.14. The maximum Gasteiger partial charge on any atom is 0.417 e. The predicted octanol–water partition coefficient (Wildman–Crippen LogP) is 2.14. The molecule has 1 aromatic rings. The Morgan fingerprint density at radius 2 is 2.31 bits per heavy atom. The summed E-state index contributed by atoms with van der Waals surface area (Å²) in [6.45, 7) is 0.498. The maximum atomic E-state index is 12.5. The Balaban J connectivity index is 0.000000289. The lowest BCUT2D eigenvalue weighted by Crippen LogP contribution is -2.26. The summed E-state index contributed by atoms with van der Waals surface area (Å²) in [5.74, 6) is 0.00845. The first-order chi connectivity index (χ1) is 12.3. The van der Waals surface area contributed by atoms with Crippen molar-refractivity contribution in [1.82, 2.24) is 15.6 Å². The first-order valence-corrected chi connectivity index (χ1v) is 8.12. The highest BCUT2D eigenvalue weighted by Gasteiger charge is 2.35. The highest BCUT2D eigenvalue weighted by molar-refractivity contribution is 8.03. The number of alkyl halides is 3. The van der Waals surface area contributed by atoms with Gasteiger partial charge in [-0.05, 0) is 12.5 Å². The van der Waals surface area contributed by atoms with Crippen LogP contribution in [0.3, 0.4) is 0 Å². The molecule has 0 aliphatic carbocycles. The summed E-state index contributed by atoms with van der Waals surface area (Å²) < 4.78 is 37.4. The Labute approximate surface area is 150 Å². The molecule has 0 bridgehead atoms. The number of halogens is 3. The molecule has 0 saturated carbocycles. The predicted molar refractivity (Wildman–Crippen MR) is 87.3 cm³/mol. The van der Waals surface area contributed by atoms with Crippen LogP contribution in [0.5, 0.6) is 0 Å².